The van der Waals surface area contributed by atoms with E-state index >= 15 is 0 Å². The van der Waals surface area contributed by atoms with Gasteiger partial charge in [0.05, 0.1) is 39.6 Å². The van der Waals surface area contributed by atoms with Crippen molar-refractivity contribution in [1.82, 2.24) is 4.90 Å². The summed E-state index contributed by atoms with van der Waals surface area (Å²) in [5.41, 5.74) is 2.06. The second kappa shape index (κ2) is 13.8. The number of rotatable bonds is 11. The van der Waals surface area contributed by atoms with E-state index in [-0.39, 0.29) is 18.3 Å². The summed E-state index contributed by atoms with van der Waals surface area (Å²) in [7, 11) is 1.67. The summed E-state index contributed by atoms with van der Waals surface area (Å²) in [6.07, 6.45) is 3.45. The molecule has 214 valence electrons. The maximum Gasteiger partial charge on any atom is 0.407 e. The number of fused-ring (bicyclic) bond motifs is 1. The van der Waals surface area contributed by atoms with Gasteiger partial charge in [0.15, 0.2) is 6.29 Å². The van der Waals surface area contributed by atoms with Gasteiger partial charge in [0.2, 0.25) is 0 Å². The minimum absolute atomic E-state index is 0.0694. The molecule has 2 fully saturated rings. The molecule has 40 heavy (non-hydrogen) atoms. The topological polar surface area (TPSA) is 86.7 Å². The number of carbonyl (C=O) groups is 1. The third-order valence-electron chi connectivity index (χ3n) is 7.76. The molecule has 0 unspecified atom stereocenters. The van der Waals surface area contributed by atoms with Gasteiger partial charge in [0, 0.05) is 36.4 Å². The highest BCUT2D eigenvalue weighted by Crippen LogP contribution is 2.34. The molecule has 0 bridgehead atoms. The lowest BCUT2D eigenvalue weighted by Gasteiger charge is -2.37. The van der Waals surface area contributed by atoms with Crippen LogP contribution in [0, 0.1) is 0 Å². The molecular weight excluding hydrogens is 510 g/mol. The number of ether oxygens (including phenoxy) is 5. The minimum atomic E-state index is -0.918. The predicted octanol–water partition coefficient (Wildman–Crippen LogP) is 6.21. The molecule has 0 radical (unpaired) electrons. The van der Waals surface area contributed by atoms with E-state index in [9.17, 15) is 9.90 Å². The highest BCUT2D eigenvalue weighted by atomic mass is 16.7. The summed E-state index contributed by atoms with van der Waals surface area (Å²) in [6.45, 7) is 3.10. The number of amides is 1. The highest BCUT2D eigenvalue weighted by molar-refractivity contribution is 5.89. The van der Waals surface area contributed by atoms with Crippen molar-refractivity contribution in [3.8, 4) is 11.5 Å². The summed E-state index contributed by atoms with van der Waals surface area (Å²) in [4.78, 5) is 13.2. The van der Waals surface area contributed by atoms with Crippen molar-refractivity contribution in [3.05, 3.63) is 71.8 Å². The van der Waals surface area contributed by atoms with Crippen LogP contribution in [-0.2, 0) is 20.8 Å². The van der Waals surface area contributed by atoms with Crippen LogP contribution in [0.5, 0.6) is 11.5 Å². The summed E-state index contributed by atoms with van der Waals surface area (Å²) in [6, 6.07) is 20.3. The lowest BCUT2D eigenvalue weighted by Crippen LogP contribution is -2.46. The van der Waals surface area contributed by atoms with Crippen LogP contribution in [0.15, 0.2) is 60.7 Å². The lowest BCUT2D eigenvalue weighted by molar-refractivity contribution is -0.163. The standard InChI is InChI=1S/C32H39NO7/c1-36-31-25(11-10-23-7-2-3-8-28(23)31)22-40-29-21-33(32(34)35)17-16-27(29)24-12-14-26(15-13-24)37-19-6-20-39-30-9-4-5-18-38-30/h2-3,7-8,10-15,27,29-30H,4-6,9,16-22H2,1H3,(H,34,35)/t27-,29+,30-/m1/s1. The van der Waals surface area contributed by atoms with Crippen molar-refractivity contribution in [2.75, 3.05) is 40.0 Å². The summed E-state index contributed by atoms with van der Waals surface area (Å²) < 4.78 is 29.5. The minimum Gasteiger partial charge on any atom is -0.496 e. The average molecular weight is 550 g/mol. The van der Waals surface area contributed by atoms with Gasteiger partial charge in [-0.25, -0.2) is 4.79 Å². The first-order valence-corrected chi connectivity index (χ1v) is 14.2. The number of piperidine rings is 1. The van der Waals surface area contributed by atoms with E-state index in [1.807, 2.05) is 36.4 Å². The van der Waals surface area contributed by atoms with E-state index in [2.05, 4.69) is 24.3 Å². The maximum absolute atomic E-state index is 11.8. The molecule has 2 saturated heterocycles. The zero-order valence-corrected chi connectivity index (χ0v) is 23.1. The van der Waals surface area contributed by atoms with Crippen molar-refractivity contribution in [1.29, 1.82) is 0 Å². The van der Waals surface area contributed by atoms with Crippen LogP contribution in [0.25, 0.3) is 10.8 Å². The first kappa shape index (κ1) is 28.2. The molecule has 8 nitrogen and oxygen atoms in total. The SMILES string of the molecule is COc1c(CO[C@H]2CN(C(=O)O)CC[C@@H]2c2ccc(OCCCO[C@@H]3CCCCO3)cc2)ccc2ccccc12. The average Bonchev–Trinajstić information content (AvgIpc) is 3.00. The number of nitrogens with zero attached hydrogens (tertiary/aromatic N) is 1. The molecule has 3 atom stereocenters. The maximum atomic E-state index is 11.8. The Morgan fingerprint density at radius 1 is 1.00 bits per heavy atom. The largest absolute Gasteiger partial charge is 0.496 e. The Bertz CT molecular complexity index is 1240. The van der Waals surface area contributed by atoms with E-state index in [1.165, 1.54) is 4.90 Å². The number of methoxy groups -OCH3 is 1. The number of carboxylic acid groups (broad SMARTS) is 1. The second-order valence-electron chi connectivity index (χ2n) is 10.4. The zero-order chi connectivity index (χ0) is 27.7. The Morgan fingerprint density at radius 3 is 2.62 bits per heavy atom. The van der Waals surface area contributed by atoms with Crippen LogP contribution in [-0.4, -0.2) is 68.5 Å². The van der Waals surface area contributed by atoms with Crippen molar-refractivity contribution >= 4 is 16.9 Å². The van der Waals surface area contributed by atoms with Crippen LogP contribution < -0.4 is 9.47 Å². The van der Waals surface area contributed by atoms with Crippen LogP contribution in [0.4, 0.5) is 4.79 Å². The van der Waals surface area contributed by atoms with E-state index in [4.69, 9.17) is 23.7 Å². The van der Waals surface area contributed by atoms with Gasteiger partial charge in [-0.05, 0) is 48.8 Å². The van der Waals surface area contributed by atoms with Gasteiger partial charge in [-0.15, -0.1) is 0 Å². The first-order chi connectivity index (χ1) is 19.6. The molecule has 3 aromatic rings. The smallest absolute Gasteiger partial charge is 0.407 e. The second-order valence-corrected chi connectivity index (χ2v) is 10.4. The van der Waals surface area contributed by atoms with Crippen molar-refractivity contribution in [3.63, 3.8) is 0 Å². The Morgan fingerprint density at radius 2 is 1.85 bits per heavy atom. The normalized spacial score (nSPS) is 21.3. The quantitative estimate of drug-likeness (QED) is 0.285. The van der Waals surface area contributed by atoms with Gasteiger partial charge < -0.3 is 33.7 Å². The molecule has 2 heterocycles. The van der Waals surface area contributed by atoms with Gasteiger partial charge in [0.1, 0.15) is 11.5 Å². The van der Waals surface area contributed by atoms with Crippen LogP contribution in [0.3, 0.4) is 0 Å². The van der Waals surface area contributed by atoms with Gasteiger partial charge in [0.25, 0.3) is 0 Å². The molecule has 5 rings (SSSR count). The molecule has 3 aromatic carbocycles. The zero-order valence-electron chi connectivity index (χ0n) is 23.1. The van der Waals surface area contributed by atoms with Gasteiger partial charge in [-0.1, -0.05) is 48.5 Å². The number of likely N-dealkylation sites (tertiary alicyclic amines) is 1. The fraction of sp³-hybridized carbons (Fsp3) is 0.469. The van der Waals surface area contributed by atoms with E-state index in [1.54, 1.807) is 7.11 Å². The Kier molecular flexibility index (Phi) is 9.76. The number of hydrogen-bond acceptors (Lipinski definition) is 6. The fourth-order valence-electron chi connectivity index (χ4n) is 5.60. The third-order valence-corrected chi connectivity index (χ3v) is 7.76. The van der Waals surface area contributed by atoms with Crippen LogP contribution in [0.1, 0.15) is 49.1 Å². The van der Waals surface area contributed by atoms with E-state index in [0.29, 0.717) is 39.3 Å². The monoisotopic (exact) mass is 549 g/mol. The van der Waals surface area contributed by atoms with Gasteiger partial charge in [-0.2, -0.15) is 0 Å². The molecule has 1 N–H and O–H groups in total. The van der Waals surface area contributed by atoms with Crippen LogP contribution in [0.2, 0.25) is 0 Å². The van der Waals surface area contributed by atoms with Crippen molar-refractivity contribution in [2.24, 2.45) is 0 Å². The molecule has 8 heteroatoms. The Hall–Kier alpha value is -3.33. The lowest BCUT2D eigenvalue weighted by atomic mass is 9.87. The molecule has 1 amide bonds. The third kappa shape index (κ3) is 7.05. The number of hydrogen-bond donors (Lipinski definition) is 1. The van der Waals surface area contributed by atoms with Crippen molar-refractivity contribution < 1.29 is 33.6 Å². The first-order valence-electron chi connectivity index (χ1n) is 14.2. The fourth-order valence-corrected chi connectivity index (χ4v) is 5.60. The summed E-state index contributed by atoms with van der Waals surface area (Å²) in [5.74, 6) is 1.66. The molecule has 0 spiro atoms. The molecule has 0 aliphatic carbocycles. The molecule has 0 saturated carbocycles. The highest BCUT2D eigenvalue weighted by Gasteiger charge is 2.33. The van der Waals surface area contributed by atoms with Gasteiger partial charge in [-0.3, -0.25) is 0 Å². The number of benzene rings is 3. The predicted molar refractivity (Wildman–Crippen MR) is 152 cm³/mol. The summed E-state index contributed by atoms with van der Waals surface area (Å²) in [5, 5.41) is 11.8. The van der Waals surface area contributed by atoms with E-state index in [0.717, 1.165) is 65.7 Å². The summed E-state index contributed by atoms with van der Waals surface area (Å²) >= 11 is 0. The molecule has 2 aliphatic rings. The molecular formula is C32H39NO7. The van der Waals surface area contributed by atoms with Crippen LogP contribution >= 0.6 is 0 Å². The molecule has 2 aliphatic heterocycles. The molecule has 0 aromatic heterocycles. The Balaban J connectivity index is 1.19. The Labute approximate surface area is 235 Å². The van der Waals surface area contributed by atoms with E-state index < -0.39 is 6.09 Å². The van der Waals surface area contributed by atoms with Crippen molar-refractivity contribution in [2.45, 2.75) is 57.0 Å². The van der Waals surface area contributed by atoms with Gasteiger partial charge >= 0.3 is 6.09 Å².